The van der Waals surface area contributed by atoms with E-state index >= 15 is 0 Å². The second kappa shape index (κ2) is 6.89. The molecular formula is C17H21N5O3. The van der Waals surface area contributed by atoms with Crippen LogP contribution in [0.1, 0.15) is 25.7 Å². The molecule has 1 aromatic carbocycles. The molecule has 0 unspecified atom stereocenters. The molecule has 8 nitrogen and oxygen atoms in total. The monoisotopic (exact) mass is 343 g/mol. The van der Waals surface area contributed by atoms with Gasteiger partial charge in [-0.15, -0.1) is 5.10 Å². The molecule has 132 valence electrons. The van der Waals surface area contributed by atoms with E-state index in [0.717, 1.165) is 25.1 Å². The molecule has 1 saturated carbocycles. The number of rotatable bonds is 4. The summed E-state index contributed by atoms with van der Waals surface area (Å²) < 4.78 is 7.75. The Morgan fingerprint density at radius 3 is 2.84 bits per heavy atom. The van der Waals surface area contributed by atoms with Gasteiger partial charge in [-0.05, 0) is 25.0 Å². The first-order valence-electron chi connectivity index (χ1n) is 8.70. The van der Waals surface area contributed by atoms with Gasteiger partial charge in [0.05, 0.1) is 24.3 Å². The molecule has 1 aliphatic heterocycles. The van der Waals surface area contributed by atoms with Gasteiger partial charge in [0.15, 0.2) is 5.82 Å². The van der Waals surface area contributed by atoms with E-state index in [4.69, 9.17) is 4.74 Å². The molecule has 2 aliphatic rings. The first-order chi connectivity index (χ1) is 12.2. The van der Waals surface area contributed by atoms with Crippen LogP contribution in [0.3, 0.4) is 0 Å². The fourth-order valence-corrected chi connectivity index (χ4v) is 3.77. The van der Waals surface area contributed by atoms with Crippen LogP contribution in [-0.2, 0) is 11.4 Å². The van der Waals surface area contributed by atoms with Crippen LogP contribution >= 0.6 is 0 Å². The minimum absolute atomic E-state index is 0.0693. The lowest BCUT2D eigenvalue weighted by Gasteiger charge is -2.43. The number of morpholine rings is 1. The van der Waals surface area contributed by atoms with Crippen molar-refractivity contribution in [3.05, 3.63) is 40.7 Å². The normalized spacial score (nSPS) is 24.0. The highest BCUT2D eigenvalue weighted by atomic mass is 16.6. The first-order valence-corrected chi connectivity index (χ1v) is 8.70. The van der Waals surface area contributed by atoms with Crippen molar-refractivity contribution in [1.82, 2.24) is 19.7 Å². The van der Waals surface area contributed by atoms with E-state index < -0.39 is 4.92 Å². The second-order valence-electron chi connectivity index (χ2n) is 6.63. The summed E-state index contributed by atoms with van der Waals surface area (Å²) in [6.45, 7) is 2.38. The zero-order valence-electron chi connectivity index (χ0n) is 14.0. The van der Waals surface area contributed by atoms with Gasteiger partial charge in [0, 0.05) is 30.3 Å². The molecule has 1 aliphatic carbocycles. The fourth-order valence-electron chi connectivity index (χ4n) is 3.77. The van der Waals surface area contributed by atoms with Crippen LogP contribution in [0.5, 0.6) is 0 Å². The quantitative estimate of drug-likeness (QED) is 0.626. The lowest BCUT2D eigenvalue weighted by atomic mass is 9.90. The van der Waals surface area contributed by atoms with Crippen LogP contribution < -0.4 is 0 Å². The Hall–Kier alpha value is -2.32. The predicted octanol–water partition coefficient (Wildman–Crippen LogP) is 2.45. The van der Waals surface area contributed by atoms with E-state index in [0.29, 0.717) is 24.6 Å². The molecule has 0 bridgehead atoms. The Morgan fingerprint density at radius 1 is 1.24 bits per heavy atom. The maximum Gasteiger partial charge on any atom is 0.269 e. The molecule has 0 amide bonds. The molecule has 0 radical (unpaired) electrons. The molecule has 2 fully saturated rings. The maximum absolute atomic E-state index is 10.7. The minimum Gasteiger partial charge on any atom is -0.375 e. The molecular weight excluding hydrogens is 322 g/mol. The van der Waals surface area contributed by atoms with Gasteiger partial charge >= 0.3 is 0 Å². The van der Waals surface area contributed by atoms with Gasteiger partial charge in [0.1, 0.15) is 6.33 Å². The average Bonchev–Trinajstić information content (AvgIpc) is 3.11. The molecule has 4 rings (SSSR count). The van der Waals surface area contributed by atoms with Crippen molar-refractivity contribution < 1.29 is 9.66 Å². The van der Waals surface area contributed by atoms with Crippen LogP contribution in [-0.4, -0.2) is 49.9 Å². The number of fused-ring (bicyclic) bond motifs is 1. The van der Waals surface area contributed by atoms with Crippen molar-refractivity contribution in [2.75, 3.05) is 13.2 Å². The zero-order chi connectivity index (χ0) is 17.2. The highest BCUT2D eigenvalue weighted by molar-refractivity contribution is 5.56. The smallest absolute Gasteiger partial charge is 0.269 e. The van der Waals surface area contributed by atoms with Crippen LogP contribution in [0.4, 0.5) is 5.69 Å². The molecule has 0 N–H and O–H groups in total. The largest absolute Gasteiger partial charge is 0.375 e. The molecule has 1 saturated heterocycles. The van der Waals surface area contributed by atoms with Crippen molar-refractivity contribution in [2.24, 2.45) is 0 Å². The minimum atomic E-state index is -0.408. The van der Waals surface area contributed by atoms with E-state index in [1.54, 1.807) is 18.5 Å². The summed E-state index contributed by atoms with van der Waals surface area (Å²) in [5, 5.41) is 15.3. The number of non-ortho nitro benzene ring substituents is 1. The number of nitro groups is 1. The van der Waals surface area contributed by atoms with Crippen molar-refractivity contribution in [3.8, 4) is 11.4 Å². The average molecular weight is 343 g/mol. The predicted molar refractivity (Wildman–Crippen MR) is 90.8 cm³/mol. The summed E-state index contributed by atoms with van der Waals surface area (Å²) >= 11 is 0. The molecule has 2 atom stereocenters. The zero-order valence-corrected chi connectivity index (χ0v) is 14.0. The van der Waals surface area contributed by atoms with E-state index in [9.17, 15) is 10.1 Å². The topological polar surface area (TPSA) is 86.3 Å². The van der Waals surface area contributed by atoms with E-state index in [-0.39, 0.29) is 5.69 Å². The molecule has 1 aromatic heterocycles. The van der Waals surface area contributed by atoms with Gasteiger partial charge in [-0.2, -0.15) is 0 Å². The third-order valence-electron chi connectivity index (χ3n) is 5.05. The van der Waals surface area contributed by atoms with Gasteiger partial charge in [-0.25, -0.2) is 9.67 Å². The maximum atomic E-state index is 10.7. The molecule has 25 heavy (non-hydrogen) atoms. The summed E-state index contributed by atoms with van der Waals surface area (Å²) in [5.74, 6) is 0.586. The van der Waals surface area contributed by atoms with Gasteiger partial charge in [-0.3, -0.25) is 15.0 Å². The Labute approximate surface area is 145 Å². The van der Waals surface area contributed by atoms with Crippen molar-refractivity contribution >= 4 is 5.69 Å². The summed E-state index contributed by atoms with van der Waals surface area (Å²) in [7, 11) is 0. The van der Waals surface area contributed by atoms with Crippen LogP contribution in [0.2, 0.25) is 0 Å². The number of benzene rings is 1. The summed E-state index contributed by atoms with van der Waals surface area (Å²) in [6.07, 6.45) is 6.90. The number of nitrogens with zero attached hydrogens (tertiary/aromatic N) is 5. The standard InChI is InChI=1S/C17H21N5O3/c23-22(24)14-7-5-13(6-8-14)17-18-11-21(19-17)12-20-9-10-25-16-4-2-1-3-15(16)20/h5-8,11,15-16H,1-4,9-10,12H2/t15-,16-/m0/s1. The van der Waals surface area contributed by atoms with Crippen molar-refractivity contribution in [3.63, 3.8) is 0 Å². The third-order valence-corrected chi connectivity index (χ3v) is 5.05. The first kappa shape index (κ1) is 16.2. The van der Waals surface area contributed by atoms with Crippen molar-refractivity contribution in [1.29, 1.82) is 0 Å². The Balaban J connectivity index is 1.46. The van der Waals surface area contributed by atoms with E-state index in [1.165, 1.54) is 31.4 Å². The summed E-state index contributed by atoms with van der Waals surface area (Å²) in [5.41, 5.74) is 0.849. The number of hydrogen-bond donors (Lipinski definition) is 0. The van der Waals surface area contributed by atoms with Gasteiger partial charge in [-0.1, -0.05) is 12.8 Å². The number of aromatic nitrogens is 3. The van der Waals surface area contributed by atoms with Crippen LogP contribution in [0.25, 0.3) is 11.4 Å². The summed E-state index contributed by atoms with van der Waals surface area (Å²) in [4.78, 5) is 17.1. The number of ether oxygens (including phenoxy) is 1. The van der Waals surface area contributed by atoms with Crippen LogP contribution in [0.15, 0.2) is 30.6 Å². The highest BCUT2D eigenvalue weighted by Gasteiger charge is 2.34. The Kier molecular flexibility index (Phi) is 4.46. The highest BCUT2D eigenvalue weighted by Crippen LogP contribution is 2.28. The molecule has 8 heteroatoms. The lowest BCUT2D eigenvalue weighted by Crippen LogP contribution is -2.52. The number of hydrogen-bond acceptors (Lipinski definition) is 6. The van der Waals surface area contributed by atoms with Crippen molar-refractivity contribution in [2.45, 2.75) is 44.5 Å². The van der Waals surface area contributed by atoms with Crippen LogP contribution in [0, 0.1) is 10.1 Å². The van der Waals surface area contributed by atoms with Gasteiger partial charge < -0.3 is 4.74 Å². The van der Waals surface area contributed by atoms with Gasteiger partial charge in [0.25, 0.3) is 5.69 Å². The molecule has 2 heterocycles. The fraction of sp³-hybridized carbons (Fsp3) is 0.529. The SMILES string of the molecule is O=[N+]([O-])c1ccc(-c2ncn(CN3CCO[C@H]4CCCC[C@@H]43)n2)cc1. The van der Waals surface area contributed by atoms with E-state index in [2.05, 4.69) is 15.0 Å². The lowest BCUT2D eigenvalue weighted by molar-refractivity contribution is -0.384. The molecule has 0 spiro atoms. The third kappa shape index (κ3) is 3.40. The molecule has 2 aromatic rings. The Morgan fingerprint density at radius 2 is 2.04 bits per heavy atom. The number of nitro benzene ring substituents is 1. The second-order valence-corrected chi connectivity index (χ2v) is 6.63. The van der Waals surface area contributed by atoms with E-state index in [1.807, 2.05) is 4.68 Å². The Bertz CT molecular complexity index is 743. The summed E-state index contributed by atoms with van der Waals surface area (Å²) in [6, 6.07) is 6.79. The van der Waals surface area contributed by atoms with Gasteiger partial charge in [0.2, 0.25) is 0 Å².